The van der Waals surface area contributed by atoms with Gasteiger partial charge in [-0.25, -0.2) is 4.39 Å². The molecule has 0 aliphatic rings. The molecule has 0 spiro atoms. The van der Waals surface area contributed by atoms with Gasteiger partial charge in [0.05, 0.1) is 28.5 Å². The average Bonchev–Trinajstić information content (AvgIpc) is 3.27. The summed E-state index contributed by atoms with van der Waals surface area (Å²) < 4.78 is 18.9. The van der Waals surface area contributed by atoms with Crippen molar-refractivity contribution in [2.45, 2.75) is 13.0 Å². The number of nitrogens with zero attached hydrogens (tertiary/aromatic N) is 3. The van der Waals surface area contributed by atoms with Gasteiger partial charge in [-0.15, -0.1) is 0 Å². The number of benzene rings is 2. The molecular weight excluding hydrogens is 359 g/mol. The van der Waals surface area contributed by atoms with Gasteiger partial charge in [-0.3, -0.25) is 5.10 Å². The lowest BCUT2D eigenvalue weighted by molar-refractivity contribution is 0.574. The second-order valence-corrected chi connectivity index (χ2v) is 6.09. The van der Waals surface area contributed by atoms with E-state index in [9.17, 15) is 4.39 Å². The van der Waals surface area contributed by atoms with Gasteiger partial charge in [0, 0.05) is 5.39 Å². The highest BCUT2D eigenvalue weighted by Gasteiger charge is 2.13. The van der Waals surface area contributed by atoms with Crippen LogP contribution in [0.15, 0.2) is 47.0 Å². The summed E-state index contributed by atoms with van der Waals surface area (Å²) in [5, 5.41) is 22.0. The Morgan fingerprint density at radius 2 is 2.04 bits per heavy atom. The number of aromatic amines is 1. The number of halogens is 2. The molecule has 0 amide bonds. The molecule has 4 aromatic rings. The molecule has 7 nitrogen and oxygen atoms in total. The van der Waals surface area contributed by atoms with Crippen LogP contribution in [-0.4, -0.2) is 20.4 Å². The van der Waals surface area contributed by atoms with Gasteiger partial charge in [-0.2, -0.15) is 5.10 Å². The zero-order valence-corrected chi connectivity index (χ0v) is 14.4. The van der Waals surface area contributed by atoms with Gasteiger partial charge in [0.25, 0.3) is 0 Å². The third kappa shape index (κ3) is 3.18. The second-order valence-electron chi connectivity index (χ2n) is 5.72. The van der Waals surface area contributed by atoms with Crippen molar-refractivity contribution in [2.24, 2.45) is 0 Å². The standard InChI is InChI=1S/C17H14ClFN6O/c1-9(10-3-2-4-11(19)7-10)21-16-24-25-17(26-16)22-14-6-5-13-12(15(14)18)8-20-23-13/h2-9H,1H3,(H,20,23)(H,21,24)(H,22,25). The van der Waals surface area contributed by atoms with E-state index in [2.05, 4.69) is 31.0 Å². The molecule has 0 saturated carbocycles. The minimum Gasteiger partial charge on any atom is -0.389 e. The summed E-state index contributed by atoms with van der Waals surface area (Å²) in [7, 11) is 0. The fourth-order valence-electron chi connectivity index (χ4n) is 2.57. The number of hydrogen-bond acceptors (Lipinski definition) is 6. The minimum absolute atomic E-state index is 0.184. The van der Waals surface area contributed by atoms with Gasteiger partial charge in [0.2, 0.25) is 0 Å². The fraction of sp³-hybridized carbons (Fsp3) is 0.118. The topological polar surface area (TPSA) is 91.7 Å². The van der Waals surface area contributed by atoms with Crippen molar-refractivity contribution in [3.63, 3.8) is 0 Å². The fourth-order valence-corrected chi connectivity index (χ4v) is 2.83. The SMILES string of the molecule is CC(Nc1nnc(Nc2ccc3[nH]ncc3c2Cl)o1)c1cccc(F)c1. The molecular formula is C17H14ClFN6O. The first-order chi connectivity index (χ1) is 12.6. The highest BCUT2D eigenvalue weighted by Crippen LogP contribution is 2.32. The van der Waals surface area contributed by atoms with Gasteiger partial charge < -0.3 is 15.1 Å². The summed E-state index contributed by atoms with van der Waals surface area (Å²) >= 11 is 6.36. The van der Waals surface area contributed by atoms with Crippen LogP contribution in [0.2, 0.25) is 5.02 Å². The Balaban J connectivity index is 1.49. The summed E-state index contributed by atoms with van der Waals surface area (Å²) in [5.74, 6) is -0.298. The molecule has 0 aliphatic carbocycles. The van der Waals surface area contributed by atoms with Crippen molar-refractivity contribution in [3.8, 4) is 0 Å². The zero-order chi connectivity index (χ0) is 18.1. The van der Waals surface area contributed by atoms with E-state index in [-0.39, 0.29) is 23.9 Å². The number of fused-ring (bicyclic) bond motifs is 1. The molecule has 3 N–H and O–H groups in total. The summed E-state index contributed by atoms with van der Waals surface area (Å²) in [5.41, 5.74) is 2.22. The molecule has 2 heterocycles. The molecule has 0 saturated heterocycles. The van der Waals surface area contributed by atoms with Crippen molar-refractivity contribution in [1.29, 1.82) is 0 Å². The first-order valence-corrected chi connectivity index (χ1v) is 8.22. The number of anilines is 3. The van der Waals surface area contributed by atoms with Crippen LogP contribution in [0.3, 0.4) is 0 Å². The highest BCUT2D eigenvalue weighted by atomic mass is 35.5. The molecule has 1 atom stereocenters. The van der Waals surface area contributed by atoms with Gasteiger partial charge >= 0.3 is 12.0 Å². The highest BCUT2D eigenvalue weighted by molar-refractivity contribution is 6.38. The van der Waals surface area contributed by atoms with Crippen molar-refractivity contribution in [2.75, 3.05) is 10.6 Å². The Morgan fingerprint density at radius 3 is 2.88 bits per heavy atom. The van der Waals surface area contributed by atoms with Crippen LogP contribution in [0.1, 0.15) is 18.5 Å². The molecule has 0 aliphatic heterocycles. The first-order valence-electron chi connectivity index (χ1n) is 7.84. The van der Waals surface area contributed by atoms with Crippen LogP contribution in [-0.2, 0) is 0 Å². The Kier molecular flexibility index (Phi) is 4.18. The third-order valence-electron chi connectivity index (χ3n) is 3.91. The molecule has 0 fully saturated rings. The van der Waals surface area contributed by atoms with Crippen molar-refractivity contribution >= 4 is 40.2 Å². The van der Waals surface area contributed by atoms with E-state index in [1.807, 2.05) is 19.1 Å². The van der Waals surface area contributed by atoms with E-state index in [0.29, 0.717) is 10.7 Å². The maximum Gasteiger partial charge on any atom is 0.321 e. The Hall–Kier alpha value is -3.13. The predicted octanol–water partition coefficient (Wildman–Crippen LogP) is 4.66. The summed E-state index contributed by atoms with van der Waals surface area (Å²) in [6, 6.07) is 10.1. The minimum atomic E-state index is -0.298. The van der Waals surface area contributed by atoms with E-state index < -0.39 is 0 Å². The van der Waals surface area contributed by atoms with Crippen molar-refractivity contribution in [1.82, 2.24) is 20.4 Å². The van der Waals surface area contributed by atoms with Gasteiger partial charge in [0.15, 0.2) is 0 Å². The maximum absolute atomic E-state index is 13.3. The van der Waals surface area contributed by atoms with Crippen LogP contribution >= 0.6 is 11.6 Å². The van der Waals surface area contributed by atoms with Crippen LogP contribution in [0.25, 0.3) is 10.9 Å². The lowest BCUT2D eigenvalue weighted by atomic mass is 10.1. The van der Waals surface area contributed by atoms with Crippen LogP contribution in [0.5, 0.6) is 0 Å². The lowest BCUT2D eigenvalue weighted by Crippen LogP contribution is -2.07. The molecule has 26 heavy (non-hydrogen) atoms. The number of H-pyrrole nitrogens is 1. The molecule has 0 radical (unpaired) electrons. The second kappa shape index (κ2) is 6.64. The zero-order valence-electron chi connectivity index (χ0n) is 13.6. The maximum atomic E-state index is 13.3. The quantitative estimate of drug-likeness (QED) is 0.472. The van der Waals surface area contributed by atoms with Crippen LogP contribution in [0.4, 0.5) is 22.1 Å². The summed E-state index contributed by atoms with van der Waals surface area (Å²) in [4.78, 5) is 0. The van der Waals surface area contributed by atoms with Crippen LogP contribution in [0, 0.1) is 5.82 Å². The van der Waals surface area contributed by atoms with Gasteiger partial charge in [0.1, 0.15) is 5.82 Å². The Morgan fingerprint density at radius 1 is 1.19 bits per heavy atom. The monoisotopic (exact) mass is 372 g/mol. The number of nitrogens with one attached hydrogen (secondary N) is 3. The van der Waals surface area contributed by atoms with E-state index in [0.717, 1.165) is 16.5 Å². The number of rotatable bonds is 5. The van der Waals surface area contributed by atoms with Crippen molar-refractivity contribution in [3.05, 3.63) is 59.0 Å². The average molecular weight is 373 g/mol. The molecule has 2 aromatic heterocycles. The summed E-state index contributed by atoms with van der Waals surface area (Å²) in [6.07, 6.45) is 1.64. The van der Waals surface area contributed by atoms with E-state index >= 15 is 0 Å². The normalized spacial score (nSPS) is 12.3. The Labute approximate surface area is 152 Å². The van der Waals surface area contributed by atoms with Crippen molar-refractivity contribution < 1.29 is 8.81 Å². The smallest absolute Gasteiger partial charge is 0.321 e. The number of hydrogen-bond donors (Lipinski definition) is 3. The van der Waals surface area contributed by atoms with E-state index in [1.54, 1.807) is 18.3 Å². The van der Waals surface area contributed by atoms with E-state index in [1.165, 1.54) is 12.1 Å². The molecule has 1 unspecified atom stereocenters. The molecule has 0 bridgehead atoms. The van der Waals surface area contributed by atoms with Gasteiger partial charge in [-0.1, -0.05) is 33.9 Å². The molecule has 4 rings (SSSR count). The van der Waals surface area contributed by atoms with Crippen LogP contribution < -0.4 is 10.6 Å². The van der Waals surface area contributed by atoms with Gasteiger partial charge in [-0.05, 0) is 36.8 Å². The van der Waals surface area contributed by atoms with E-state index in [4.69, 9.17) is 16.0 Å². The summed E-state index contributed by atoms with van der Waals surface area (Å²) in [6.45, 7) is 1.87. The lowest BCUT2D eigenvalue weighted by Gasteiger charge is -2.12. The molecule has 9 heteroatoms. The molecule has 132 valence electrons. The number of aromatic nitrogens is 4. The predicted molar refractivity (Wildman–Crippen MR) is 97.1 cm³/mol. The molecule has 2 aromatic carbocycles. The first kappa shape index (κ1) is 16.3. The Bertz CT molecular complexity index is 1060. The largest absolute Gasteiger partial charge is 0.389 e. The third-order valence-corrected chi connectivity index (χ3v) is 4.32.